The van der Waals surface area contributed by atoms with Crippen LogP contribution in [0.5, 0.6) is 11.5 Å². The van der Waals surface area contributed by atoms with E-state index in [1.54, 1.807) is 18.2 Å². The summed E-state index contributed by atoms with van der Waals surface area (Å²) >= 11 is 0. The average Bonchev–Trinajstić information content (AvgIpc) is 2.96. The number of hydrogen-bond donors (Lipinski definition) is 0. The summed E-state index contributed by atoms with van der Waals surface area (Å²) in [6.45, 7) is 0.201. The topological polar surface area (TPSA) is 59.3 Å². The molecule has 1 aromatic rings. The molecule has 1 aliphatic heterocycles. The lowest BCUT2D eigenvalue weighted by molar-refractivity contribution is -0.124. The Hall–Kier alpha value is -2.02. The number of carbonyl (C=O) groups excluding carboxylic acids is 1. The van der Waals surface area contributed by atoms with Crippen molar-refractivity contribution in [3.05, 3.63) is 23.8 Å². The maximum absolute atomic E-state index is 12.5. The molecule has 1 aliphatic carbocycles. The van der Waals surface area contributed by atoms with Gasteiger partial charge in [-0.25, -0.2) is 0 Å². The van der Waals surface area contributed by atoms with Crippen LogP contribution in [0.25, 0.3) is 0 Å². The molecule has 1 aromatic carbocycles. The van der Waals surface area contributed by atoms with Gasteiger partial charge in [0.15, 0.2) is 17.3 Å². The van der Waals surface area contributed by atoms with Crippen molar-refractivity contribution in [1.82, 2.24) is 0 Å². The Balaban J connectivity index is 1.82. The molecule has 1 heterocycles. The van der Waals surface area contributed by atoms with Gasteiger partial charge in [0.2, 0.25) is 6.79 Å². The van der Waals surface area contributed by atoms with E-state index in [0.29, 0.717) is 17.1 Å². The number of nitriles is 1. The van der Waals surface area contributed by atoms with Crippen LogP contribution in [0.2, 0.25) is 0 Å². The molecule has 0 bridgehead atoms. The van der Waals surface area contributed by atoms with Crippen molar-refractivity contribution >= 4 is 5.78 Å². The van der Waals surface area contributed by atoms with E-state index in [2.05, 4.69) is 6.07 Å². The number of hydrogen-bond acceptors (Lipinski definition) is 4. The summed E-state index contributed by atoms with van der Waals surface area (Å²) < 4.78 is 10.6. The number of benzene rings is 1. The quantitative estimate of drug-likeness (QED) is 0.847. The summed E-state index contributed by atoms with van der Waals surface area (Å²) in [5, 5.41) is 9.39. The largest absolute Gasteiger partial charge is 0.454 e. The highest BCUT2D eigenvalue weighted by Gasteiger charge is 2.30. The van der Waals surface area contributed by atoms with Crippen LogP contribution in [0.4, 0.5) is 0 Å². The molecule has 0 radical (unpaired) electrons. The predicted octanol–water partition coefficient (Wildman–Crippen LogP) is 3.17. The SMILES string of the molecule is N#CC(C(=O)C1CCCCC1)c1ccc2c(c1)OCO2. The summed E-state index contributed by atoms with van der Waals surface area (Å²) in [6, 6.07) is 7.49. The molecular weight excluding hydrogens is 254 g/mol. The third-order valence-corrected chi connectivity index (χ3v) is 4.15. The fourth-order valence-electron chi connectivity index (χ4n) is 3.02. The minimum atomic E-state index is -0.687. The van der Waals surface area contributed by atoms with Gasteiger partial charge in [-0.2, -0.15) is 5.26 Å². The second kappa shape index (κ2) is 5.54. The molecule has 0 N–H and O–H groups in total. The lowest BCUT2D eigenvalue weighted by Gasteiger charge is -2.22. The maximum atomic E-state index is 12.5. The highest BCUT2D eigenvalue weighted by Crippen LogP contribution is 2.36. The number of fused-ring (bicyclic) bond motifs is 1. The van der Waals surface area contributed by atoms with E-state index in [0.717, 1.165) is 25.7 Å². The van der Waals surface area contributed by atoms with E-state index >= 15 is 0 Å². The molecule has 104 valence electrons. The number of Topliss-reactive ketones (excluding diaryl/α,β-unsaturated/α-hetero) is 1. The van der Waals surface area contributed by atoms with Crippen molar-refractivity contribution < 1.29 is 14.3 Å². The molecule has 1 atom stereocenters. The van der Waals surface area contributed by atoms with Crippen LogP contribution < -0.4 is 9.47 Å². The molecule has 0 spiro atoms. The zero-order valence-corrected chi connectivity index (χ0v) is 11.3. The molecular formula is C16H17NO3. The van der Waals surface area contributed by atoms with Crippen LogP contribution >= 0.6 is 0 Å². The van der Waals surface area contributed by atoms with Crippen molar-refractivity contribution in [2.45, 2.75) is 38.0 Å². The molecule has 0 aromatic heterocycles. The van der Waals surface area contributed by atoms with Crippen molar-refractivity contribution in [2.75, 3.05) is 6.79 Å². The fourth-order valence-corrected chi connectivity index (χ4v) is 3.02. The summed E-state index contributed by atoms with van der Waals surface area (Å²) in [5.74, 6) is 0.715. The summed E-state index contributed by atoms with van der Waals surface area (Å²) in [5.41, 5.74) is 0.715. The lowest BCUT2D eigenvalue weighted by Crippen LogP contribution is -2.23. The number of carbonyl (C=O) groups is 1. The van der Waals surface area contributed by atoms with Gasteiger partial charge >= 0.3 is 0 Å². The number of nitrogens with zero attached hydrogens (tertiary/aromatic N) is 1. The van der Waals surface area contributed by atoms with E-state index in [-0.39, 0.29) is 18.5 Å². The van der Waals surface area contributed by atoms with E-state index in [4.69, 9.17) is 9.47 Å². The Labute approximate surface area is 118 Å². The third-order valence-electron chi connectivity index (χ3n) is 4.15. The van der Waals surface area contributed by atoms with Crippen LogP contribution in [0, 0.1) is 17.2 Å². The maximum Gasteiger partial charge on any atom is 0.231 e. The molecule has 4 heteroatoms. The Morgan fingerprint density at radius 3 is 2.70 bits per heavy atom. The Kier molecular flexibility index (Phi) is 3.60. The molecule has 3 rings (SSSR count). The monoisotopic (exact) mass is 271 g/mol. The molecule has 0 amide bonds. The number of ketones is 1. The Bertz CT molecular complexity index is 555. The normalized spacial score (nSPS) is 19.4. The van der Waals surface area contributed by atoms with Crippen molar-refractivity contribution in [3.8, 4) is 17.6 Å². The fraction of sp³-hybridized carbons (Fsp3) is 0.500. The molecule has 1 saturated carbocycles. The van der Waals surface area contributed by atoms with Gasteiger partial charge < -0.3 is 9.47 Å². The summed E-state index contributed by atoms with van der Waals surface area (Å²) in [4.78, 5) is 12.5. The first-order valence-corrected chi connectivity index (χ1v) is 7.12. The van der Waals surface area contributed by atoms with Gasteiger partial charge in [0.1, 0.15) is 5.92 Å². The van der Waals surface area contributed by atoms with Crippen molar-refractivity contribution in [3.63, 3.8) is 0 Å². The van der Waals surface area contributed by atoms with Gasteiger partial charge in [-0.05, 0) is 30.5 Å². The first-order valence-electron chi connectivity index (χ1n) is 7.12. The minimum Gasteiger partial charge on any atom is -0.454 e. The van der Waals surface area contributed by atoms with Gasteiger partial charge in [0, 0.05) is 5.92 Å². The highest BCUT2D eigenvalue weighted by molar-refractivity contribution is 5.90. The Morgan fingerprint density at radius 1 is 1.20 bits per heavy atom. The average molecular weight is 271 g/mol. The molecule has 4 nitrogen and oxygen atoms in total. The van der Waals surface area contributed by atoms with E-state index < -0.39 is 5.92 Å². The summed E-state index contributed by atoms with van der Waals surface area (Å²) in [7, 11) is 0. The van der Waals surface area contributed by atoms with Crippen LogP contribution in [0.3, 0.4) is 0 Å². The van der Waals surface area contributed by atoms with Crippen LogP contribution in [0.1, 0.15) is 43.6 Å². The van der Waals surface area contributed by atoms with E-state index in [1.807, 2.05) is 0 Å². The minimum absolute atomic E-state index is 0.0406. The predicted molar refractivity (Wildman–Crippen MR) is 72.5 cm³/mol. The molecule has 1 unspecified atom stereocenters. The third kappa shape index (κ3) is 2.36. The second-order valence-electron chi connectivity index (χ2n) is 5.41. The van der Waals surface area contributed by atoms with Gasteiger partial charge in [-0.3, -0.25) is 4.79 Å². The zero-order chi connectivity index (χ0) is 13.9. The van der Waals surface area contributed by atoms with Crippen LogP contribution in [0.15, 0.2) is 18.2 Å². The molecule has 1 fully saturated rings. The number of rotatable bonds is 3. The first kappa shape index (κ1) is 13.0. The van der Waals surface area contributed by atoms with E-state index in [1.165, 1.54) is 6.42 Å². The molecule has 0 saturated heterocycles. The lowest BCUT2D eigenvalue weighted by atomic mass is 9.80. The molecule has 20 heavy (non-hydrogen) atoms. The molecule has 2 aliphatic rings. The van der Waals surface area contributed by atoms with Gasteiger partial charge in [-0.1, -0.05) is 25.3 Å². The number of ether oxygens (including phenoxy) is 2. The summed E-state index contributed by atoms with van der Waals surface area (Å²) in [6.07, 6.45) is 5.22. The first-order chi connectivity index (χ1) is 9.79. The smallest absolute Gasteiger partial charge is 0.231 e. The van der Waals surface area contributed by atoms with Gasteiger partial charge in [0.25, 0.3) is 0 Å². The van der Waals surface area contributed by atoms with Gasteiger partial charge in [0.05, 0.1) is 6.07 Å². The van der Waals surface area contributed by atoms with Crippen LogP contribution in [-0.4, -0.2) is 12.6 Å². The van der Waals surface area contributed by atoms with Crippen LogP contribution in [-0.2, 0) is 4.79 Å². The zero-order valence-electron chi connectivity index (χ0n) is 11.3. The van der Waals surface area contributed by atoms with Crippen molar-refractivity contribution in [2.24, 2.45) is 5.92 Å². The highest BCUT2D eigenvalue weighted by atomic mass is 16.7. The Morgan fingerprint density at radius 2 is 1.95 bits per heavy atom. The second-order valence-corrected chi connectivity index (χ2v) is 5.41. The van der Waals surface area contributed by atoms with Crippen molar-refractivity contribution in [1.29, 1.82) is 5.26 Å². The van der Waals surface area contributed by atoms with E-state index in [9.17, 15) is 10.1 Å². The van der Waals surface area contributed by atoms with Gasteiger partial charge in [-0.15, -0.1) is 0 Å². The standard InChI is InChI=1S/C16H17NO3/c17-9-13(16(18)11-4-2-1-3-5-11)12-6-7-14-15(8-12)20-10-19-14/h6-8,11,13H,1-5,10H2.